The summed E-state index contributed by atoms with van der Waals surface area (Å²) in [6, 6.07) is 2.72. The van der Waals surface area contributed by atoms with E-state index in [1.165, 1.54) is 25.0 Å². The molecule has 2 bridgehead atoms. The summed E-state index contributed by atoms with van der Waals surface area (Å²) in [6.07, 6.45) is 4.65. The van der Waals surface area contributed by atoms with Crippen molar-refractivity contribution in [2.45, 2.75) is 64.4 Å². The molecule has 0 amide bonds. The summed E-state index contributed by atoms with van der Waals surface area (Å²) in [7, 11) is 0. The van der Waals surface area contributed by atoms with Gasteiger partial charge < -0.3 is 10.1 Å². The van der Waals surface area contributed by atoms with Gasteiger partial charge in [0.05, 0.1) is 23.6 Å². The van der Waals surface area contributed by atoms with Crippen LogP contribution in [0.15, 0.2) is 6.07 Å². The van der Waals surface area contributed by atoms with Gasteiger partial charge in [-0.2, -0.15) is 5.10 Å². The molecule has 3 heterocycles. The Morgan fingerprint density at radius 2 is 2.41 bits per heavy atom. The molecule has 1 N–H and O–H groups in total. The Hall–Kier alpha value is -0.870. The van der Waals surface area contributed by atoms with Crippen LogP contribution in [0.2, 0.25) is 0 Å². The lowest BCUT2D eigenvalue weighted by Crippen LogP contribution is -2.37. The van der Waals surface area contributed by atoms with E-state index in [0.29, 0.717) is 18.2 Å². The van der Waals surface area contributed by atoms with Gasteiger partial charge in [0, 0.05) is 19.1 Å². The maximum absolute atomic E-state index is 5.85. The highest BCUT2D eigenvalue weighted by molar-refractivity contribution is 5.09. The van der Waals surface area contributed by atoms with Crippen molar-refractivity contribution in [3.8, 4) is 0 Å². The van der Waals surface area contributed by atoms with Gasteiger partial charge in [0.15, 0.2) is 0 Å². The molecular formula is C13H21N3O. The van der Waals surface area contributed by atoms with Crippen LogP contribution in [-0.2, 0) is 17.8 Å². The van der Waals surface area contributed by atoms with Gasteiger partial charge in [-0.15, -0.1) is 0 Å². The lowest BCUT2D eigenvalue weighted by atomic mass is 9.95. The third-order valence-electron chi connectivity index (χ3n) is 3.94. The number of nitrogens with one attached hydrogen (secondary N) is 1. The fourth-order valence-corrected chi connectivity index (χ4v) is 3.10. The number of hydrogen-bond acceptors (Lipinski definition) is 3. The zero-order valence-corrected chi connectivity index (χ0v) is 10.6. The van der Waals surface area contributed by atoms with Crippen LogP contribution in [0.25, 0.3) is 0 Å². The van der Waals surface area contributed by atoms with Gasteiger partial charge in [-0.1, -0.05) is 0 Å². The molecule has 2 fully saturated rings. The van der Waals surface area contributed by atoms with Gasteiger partial charge in [0.2, 0.25) is 0 Å². The van der Waals surface area contributed by atoms with Gasteiger partial charge in [0.1, 0.15) is 0 Å². The lowest BCUT2D eigenvalue weighted by Gasteiger charge is -2.20. The Morgan fingerprint density at radius 3 is 3.06 bits per heavy atom. The molecule has 2 saturated heterocycles. The van der Waals surface area contributed by atoms with Crippen LogP contribution >= 0.6 is 0 Å². The molecule has 94 valence electrons. The molecule has 0 radical (unpaired) electrons. The maximum atomic E-state index is 5.85. The second-order valence-corrected chi connectivity index (χ2v) is 5.19. The monoisotopic (exact) mass is 235 g/mol. The molecule has 2 aliphatic heterocycles. The van der Waals surface area contributed by atoms with Crippen LogP contribution < -0.4 is 5.32 Å². The van der Waals surface area contributed by atoms with E-state index in [1.807, 2.05) is 0 Å². The highest BCUT2D eigenvalue weighted by Crippen LogP contribution is 2.34. The fourth-order valence-electron chi connectivity index (χ4n) is 3.10. The van der Waals surface area contributed by atoms with Crippen molar-refractivity contribution >= 4 is 0 Å². The van der Waals surface area contributed by atoms with E-state index in [2.05, 4.69) is 35.0 Å². The summed E-state index contributed by atoms with van der Waals surface area (Å²) < 4.78 is 7.93. The first-order valence-corrected chi connectivity index (χ1v) is 6.68. The van der Waals surface area contributed by atoms with E-state index in [4.69, 9.17) is 4.74 Å². The van der Waals surface area contributed by atoms with Crippen molar-refractivity contribution in [3.63, 3.8) is 0 Å². The number of aromatic nitrogens is 2. The van der Waals surface area contributed by atoms with Gasteiger partial charge in [-0.3, -0.25) is 4.68 Å². The molecule has 3 atom stereocenters. The van der Waals surface area contributed by atoms with Crippen molar-refractivity contribution in [2.24, 2.45) is 0 Å². The largest absolute Gasteiger partial charge is 0.373 e. The summed E-state index contributed by atoms with van der Waals surface area (Å²) in [6.45, 7) is 6.04. The summed E-state index contributed by atoms with van der Waals surface area (Å²) in [5, 5.41) is 8.10. The zero-order chi connectivity index (χ0) is 11.8. The highest BCUT2D eigenvalue weighted by Gasteiger charge is 2.40. The first-order chi connectivity index (χ1) is 8.26. The summed E-state index contributed by atoms with van der Waals surface area (Å²) >= 11 is 0. The fraction of sp³-hybridized carbons (Fsp3) is 0.769. The van der Waals surface area contributed by atoms with Crippen molar-refractivity contribution in [3.05, 3.63) is 17.5 Å². The zero-order valence-electron chi connectivity index (χ0n) is 10.6. The van der Waals surface area contributed by atoms with E-state index in [-0.39, 0.29) is 0 Å². The van der Waals surface area contributed by atoms with E-state index in [9.17, 15) is 0 Å². The van der Waals surface area contributed by atoms with Gasteiger partial charge in [-0.05, 0) is 39.2 Å². The average molecular weight is 235 g/mol. The Kier molecular flexibility index (Phi) is 2.92. The van der Waals surface area contributed by atoms with Crippen molar-refractivity contribution in [1.29, 1.82) is 0 Å². The molecule has 0 aliphatic carbocycles. The van der Waals surface area contributed by atoms with Crippen molar-refractivity contribution < 1.29 is 4.74 Å². The van der Waals surface area contributed by atoms with Crippen LogP contribution in [0.5, 0.6) is 0 Å². The quantitative estimate of drug-likeness (QED) is 0.862. The van der Waals surface area contributed by atoms with Crippen LogP contribution in [0.1, 0.15) is 37.6 Å². The Balaban J connectivity index is 1.60. The number of fused-ring (bicyclic) bond motifs is 2. The molecule has 0 saturated carbocycles. The van der Waals surface area contributed by atoms with Crippen LogP contribution in [-0.4, -0.2) is 28.0 Å². The molecule has 4 nitrogen and oxygen atoms in total. The van der Waals surface area contributed by atoms with E-state index in [1.54, 1.807) is 0 Å². The standard InChI is InChI=1S/C13H21N3O/c1-3-16-10(6-9(2)15-16)8-14-12-7-11-4-5-13(12)17-11/h6,11-14H,3-5,7-8H2,1-2H3. The number of nitrogens with zero attached hydrogens (tertiary/aromatic N) is 2. The average Bonchev–Trinajstić information content (AvgIpc) is 3.00. The molecule has 17 heavy (non-hydrogen) atoms. The SMILES string of the molecule is CCn1nc(C)cc1CNC1CC2CCC1O2. The van der Waals surface area contributed by atoms with Crippen molar-refractivity contribution in [1.82, 2.24) is 15.1 Å². The molecule has 4 heteroatoms. The third-order valence-corrected chi connectivity index (χ3v) is 3.94. The second kappa shape index (κ2) is 4.42. The molecule has 1 aromatic rings. The molecule has 2 aliphatic rings. The third kappa shape index (κ3) is 2.11. The van der Waals surface area contributed by atoms with Crippen LogP contribution in [0.3, 0.4) is 0 Å². The second-order valence-electron chi connectivity index (χ2n) is 5.19. The summed E-state index contributed by atoms with van der Waals surface area (Å²) in [5.41, 5.74) is 2.39. The van der Waals surface area contributed by atoms with Gasteiger partial charge in [-0.25, -0.2) is 0 Å². The van der Waals surface area contributed by atoms with Crippen LogP contribution in [0, 0.1) is 6.92 Å². The minimum absolute atomic E-state index is 0.457. The van der Waals surface area contributed by atoms with E-state index >= 15 is 0 Å². The predicted molar refractivity (Wildman–Crippen MR) is 65.8 cm³/mol. The number of hydrogen-bond donors (Lipinski definition) is 1. The smallest absolute Gasteiger partial charge is 0.0733 e. The van der Waals surface area contributed by atoms with E-state index < -0.39 is 0 Å². The molecule has 0 aromatic carbocycles. The maximum Gasteiger partial charge on any atom is 0.0733 e. The number of ether oxygens (including phenoxy) is 1. The Morgan fingerprint density at radius 1 is 1.53 bits per heavy atom. The molecular weight excluding hydrogens is 214 g/mol. The topological polar surface area (TPSA) is 39.1 Å². The van der Waals surface area contributed by atoms with Gasteiger partial charge >= 0.3 is 0 Å². The normalized spacial score (nSPS) is 31.3. The first-order valence-electron chi connectivity index (χ1n) is 6.68. The molecule has 1 aromatic heterocycles. The van der Waals surface area contributed by atoms with Gasteiger partial charge in [0.25, 0.3) is 0 Å². The highest BCUT2D eigenvalue weighted by atomic mass is 16.5. The molecule has 0 spiro atoms. The number of rotatable bonds is 4. The molecule has 3 rings (SSSR count). The Bertz CT molecular complexity index is 401. The van der Waals surface area contributed by atoms with Crippen LogP contribution in [0.4, 0.5) is 0 Å². The first kappa shape index (κ1) is 11.2. The molecule has 3 unspecified atom stereocenters. The lowest BCUT2D eigenvalue weighted by molar-refractivity contribution is 0.0972. The van der Waals surface area contributed by atoms with Crippen molar-refractivity contribution in [2.75, 3.05) is 0 Å². The predicted octanol–water partition coefficient (Wildman–Crippen LogP) is 1.62. The minimum Gasteiger partial charge on any atom is -0.373 e. The minimum atomic E-state index is 0.457. The summed E-state index contributed by atoms with van der Waals surface area (Å²) in [4.78, 5) is 0. The number of aryl methyl sites for hydroxylation is 2. The summed E-state index contributed by atoms with van der Waals surface area (Å²) in [5.74, 6) is 0. The van der Waals surface area contributed by atoms with E-state index in [0.717, 1.165) is 18.8 Å². The Labute approximate surface area is 102 Å².